The Kier molecular flexibility index (Phi) is 4.97. The normalized spacial score (nSPS) is 16.4. The van der Waals surface area contributed by atoms with Gasteiger partial charge in [0.2, 0.25) is 5.91 Å². The predicted molar refractivity (Wildman–Crippen MR) is 101 cm³/mol. The highest BCUT2D eigenvalue weighted by Gasteiger charge is 2.28. The minimum absolute atomic E-state index is 0.00871. The number of aromatic amines is 2. The molecule has 1 saturated heterocycles. The van der Waals surface area contributed by atoms with Gasteiger partial charge in [0.25, 0.3) is 0 Å². The number of nitrogens with zero attached hydrogens (tertiary/aromatic N) is 4. The molecule has 1 aliphatic rings. The second-order valence-electron chi connectivity index (χ2n) is 6.90. The van der Waals surface area contributed by atoms with Crippen molar-refractivity contribution in [2.45, 2.75) is 31.2 Å². The average Bonchev–Trinajstić information content (AvgIpc) is 3.40. The number of hydrogen-bond acceptors (Lipinski definition) is 5. The third-order valence-corrected chi connectivity index (χ3v) is 5.04. The van der Waals surface area contributed by atoms with Crippen LogP contribution in [-0.2, 0) is 11.2 Å². The van der Waals surface area contributed by atoms with Crippen molar-refractivity contribution in [3.05, 3.63) is 54.1 Å². The number of H-pyrrole nitrogens is 2. The quantitative estimate of drug-likeness (QED) is 0.633. The maximum absolute atomic E-state index is 12.6. The third-order valence-electron chi connectivity index (χ3n) is 5.04. The molecule has 0 aliphatic carbocycles. The van der Waals surface area contributed by atoms with Gasteiger partial charge in [-0.25, -0.2) is 4.98 Å². The second kappa shape index (κ2) is 7.71. The average molecular weight is 365 g/mol. The molecule has 0 radical (unpaired) electrons. The third kappa shape index (κ3) is 3.90. The molecule has 8 nitrogen and oxygen atoms in total. The fourth-order valence-electron chi connectivity index (χ4n) is 3.50. The minimum atomic E-state index is -0.544. The Labute approximate surface area is 157 Å². The highest BCUT2D eigenvalue weighted by atomic mass is 16.2. The number of hydrogen-bond donors (Lipinski definition) is 3. The molecule has 3 aromatic rings. The van der Waals surface area contributed by atoms with E-state index in [-0.39, 0.29) is 11.8 Å². The zero-order chi connectivity index (χ0) is 18.6. The Hall–Kier alpha value is -3.00. The van der Waals surface area contributed by atoms with Crippen molar-refractivity contribution in [2.75, 3.05) is 13.1 Å². The molecule has 1 unspecified atom stereocenters. The topological polar surface area (TPSA) is 117 Å². The number of nitrogens with one attached hydrogen (secondary N) is 2. The van der Waals surface area contributed by atoms with Crippen LogP contribution in [0.1, 0.15) is 30.3 Å². The highest BCUT2D eigenvalue weighted by molar-refractivity contribution is 5.82. The van der Waals surface area contributed by atoms with Gasteiger partial charge in [-0.05, 0) is 18.9 Å². The van der Waals surface area contributed by atoms with E-state index in [1.54, 1.807) is 6.20 Å². The number of amides is 1. The fourth-order valence-corrected chi connectivity index (χ4v) is 3.50. The van der Waals surface area contributed by atoms with E-state index in [0.717, 1.165) is 29.9 Å². The Morgan fingerprint density at radius 2 is 1.96 bits per heavy atom. The van der Waals surface area contributed by atoms with Crippen molar-refractivity contribution in [2.24, 2.45) is 5.73 Å². The molecular formula is C19H23N7O. The van der Waals surface area contributed by atoms with Gasteiger partial charge in [0.15, 0.2) is 5.82 Å². The van der Waals surface area contributed by atoms with Crippen molar-refractivity contribution in [3.63, 3.8) is 0 Å². The molecule has 0 bridgehead atoms. The molecule has 0 spiro atoms. The lowest BCUT2D eigenvalue weighted by molar-refractivity contribution is -0.133. The van der Waals surface area contributed by atoms with Gasteiger partial charge in [-0.2, -0.15) is 10.2 Å². The predicted octanol–water partition coefficient (Wildman–Crippen LogP) is 1.47. The first-order valence-electron chi connectivity index (χ1n) is 9.21. The van der Waals surface area contributed by atoms with E-state index in [0.29, 0.717) is 25.3 Å². The molecule has 4 rings (SSSR count). The Morgan fingerprint density at radius 3 is 2.67 bits per heavy atom. The van der Waals surface area contributed by atoms with Crippen LogP contribution in [0.25, 0.3) is 11.4 Å². The number of carbonyl (C=O) groups is 1. The molecule has 27 heavy (non-hydrogen) atoms. The van der Waals surface area contributed by atoms with Gasteiger partial charge >= 0.3 is 0 Å². The summed E-state index contributed by atoms with van der Waals surface area (Å²) in [6, 6.07) is 11.2. The molecular weight excluding hydrogens is 342 g/mol. The van der Waals surface area contributed by atoms with Gasteiger partial charge in [-0.1, -0.05) is 30.3 Å². The lowest BCUT2D eigenvalue weighted by atomic mass is 9.95. The van der Waals surface area contributed by atoms with E-state index >= 15 is 0 Å². The molecule has 1 aliphatic heterocycles. The molecule has 8 heteroatoms. The smallest absolute Gasteiger partial charge is 0.239 e. The van der Waals surface area contributed by atoms with Crippen LogP contribution in [0.2, 0.25) is 0 Å². The molecule has 1 aromatic carbocycles. The van der Waals surface area contributed by atoms with Crippen molar-refractivity contribution >= 4 is 5.91 Å². The number of aromatic nitrogens is 5. The molecule has 140 valence electrons. The summed E-state index contributed by atoms with van der Waals surface area (Å²) >= 11 is 0. The second-order valence-corrected chi connectivity index (χ2v) is 6.90. The summed E-state index contributed by atoms with van der Waals surface area (Å²) < 4.78 is 0. The first-order valence-corrected chi connectivity index (χ1v) is 9.21. The van der Waals surface area contributed by atoms with Gasteiger partial charge < -0.3 is 10.6 Å². The molecule has 0 saturated carbocycles. The van der Waals surface area contributed by atoms with E-state index < -0.39 is 6.04 Å². The van der Waals surface area contributed by atoms with Crippen molar-refractivity contribution in [1.82, 2.24) is 30.3 Å². The van der Waals surface area contributed by atoms with E-state index in [1.807, 2.05) is 41.3 Å². The number of nitrogens with two attached hydrogens (primary N) is 1. The van der Waals surface area contributed by atoms with Crippen molar-refractivity contribution < 1.29 is 4.79 Å². The van der Waals surface area contributed by atoms with Crippen LogP contribution in [-0.4, -0.2) is 55.3 Å². The first kappa shape index (κ1) is 17.4. The van der Waals surface area contributed by atoms with E-state index in [1.165, 1.54) is 0 Å². The van der Waals surface area contributed by atoms with Crippen LogP contribution in [0, 0.1) is 0 Å². The van der Waals surface area contributed by atoms with Gasteiger partial charge in [0.05, 0.1) is 6.04 Å². The molecule has 3 heterocycles. The van der Waals surface area contributed by atoms with Crippen LogP contribution in [0.15, 0.2) is 42.6 Å². The van der Waals surface area contributed by atoms with E-state index in [9.17, 15) is 4.79 Å². The SMILES string of the molecule is NC(Cc1ccn[nH]1)C(=O)N1CCC(c2nc(-c3ccccc3)n[nH]2)CC1. The summed E-state index contributed by atoms with van der Waals surface area (Å²) in [5.41, 5.74) is 7.96. The number of rotatable bonds is 5. The van der Waals surface area contributed by atoms with Crippen LogP contribution in [0.3, 0.4) is 0 Å². The Bertz CT molecular complexity index is 867. The molecule has 1 fully saturated rings. The zero-order valence-electron chi connectivity index (χ0n) is 15.0. The summed E-state index contributed by atoms with van der Waals surface area (Å²) in [6.45, 7) is 1.36. The lowest BCUT2D eigenvalue weighted by Crippen LogP contribution is -2.47. The van der Waals surface area contributed by atoms with Crippen molar-refractivity contribution in [3.8, 4) is 11.4 Å². The van der Waals surface area contributed by atoms with Crippen LogP contribution in [0.4, 0.5) is 0 Å². The zero-order valence-corrected chi connectivity index (χ0v) is 15.0. The maximum Gasteiger partial charge on any atom is 0.239 e. The maximum atomic E-state index is 12.6. The van der Waals surface area contributed by atoms with Crippen LogP contribution >= 0.6 is 0 Å². The number of benzene rings is 1. The van der Waals surface area contributed by atoms with Gasteiger partial charge in [0, 0.05) is 42.9 Å². The molecule has 1 amide bonds. The minimum Gasteiger partial charge on any atom is -0.341 e. The standard InChI is InChI=1S/C19H23N7O/c20-16(12-15-6-9-21-23-15)19(27)26-10-7-14(8-11-26)18-22-17(24-25-18)13-4-2-1-3-5-13/h1-6,9,14,16H,7-8,10-12,20H2,(H,21,23)(H,22,24,25). The summed E-state index contributed by atoms with van der Waals surface area (Å²) in [5, 5.41) is 14.2. The van der Waals surface area contributed by atoms with Gasteiger partial charge in [-0.15, -0.1) is 0 Å². The Morgan fingerprint density at radius 1 is 1.19 bits per heavy atom. The first-order chi connectivity index (χ1) is 13.2. The monoisotopic (exact) mass is 365 g/mol. The van der Waals surface area contributed by atoms with Gasteiger partial charge in [-0.3, -0.25) is 15.0 Å². The molecule has 4 N–H and O–H groups in total. The van der Waals surface area contributed by atoms with Crippen LogP contribution in [0.5, 0.6) is 0 Å². The van der Waals surface area contributed by atoms with Crippen molar-refractivity contribution in [1.29, 1.82) is 0 Å². The molecule has 1 atom stereocenters. The number of piperidine rings is 1. The fraction of sp³-hybridized carbons (Fsp3) is 0.368. The summed E-state index contributed by atoms with van der Waals surface area (Å²) in [4.78, 5) is 19.1. The Balaban J connectivity index is 1.34. The van der Waals surface area contributed by atoms with Crippen LogP contribution < -0.4 is 5.73 Å². The summed E-state index contributed by atoms with van der Waals surface area (Å²) in [5.74, 6) is 1.88. The van der Waals surface area contributed by atoms with Gasteiger partial charge in [0.1, 0.15) is 5.82 Å². The number of carbonyl (C=O) groups excluding carboxylic acids is 1. The van der Waals surface area contributed by atoms with E-state index in [2.05, 4.69) is 25.4 Å². The number of likely N-dealkylation sites (tertiary alicyclic amines) is 1. The summed E-state index contributed by atoms with van der Waals surface area (Å²) in [6.07, 6.45) is 3.85. The lowest BCUT2D eigenvalue weighted by Gasteiger charge is -2.32. The summed E-state index contributed by atoms with van der Waals surface area (Å²) in [7, 11) is 0. The molecule has 2 aromatic heterocycles. The highest BCUT2D eigenvalue weighted by Crippen LogP contribution is 2.27. The van der Waals surface area contributed by atoms with E-state index in [4.69, 9.17) is 5.73 Å². The largest absolute Gasteiger partial charge is 0.341 e.